The van der Waals surface area contributed by atoms with Gasteiger partial charge in [0.05, 0.1) is 18.6 Å². The first-order valence-electron chi connectivity index (χ1n) is 8.83. The van der Waals surface area contributed by atoms with Gasteiger partial charge in [-0.1, -0.05) is 37.6 Å². The quantitative estimate of drug-likeness (QED) is 0.735. The van der Waals surface area contributed by atoms with Crippen molar-refractivity contribution in [2.75, 3.05) is 26.0 Å². The number of hydrogen-bond donors (Lipinski definition) is 1. The van der Waals surface area contributed by atoms with Gasteiger partial charge in [-0.25, -0.2) is 0 Å². The lowest BCUT2D eigenvalue weighted by molar-refractivity contribution is -0.127. The Hall–Kier alpha value is -2.82. The zero-order valence-corrected chi connectivity index (χ0v) is 15.6. The van der Waals surface area contributed by atoms with Crippen molar-refractivity contribution in [3.05, 3.63) is 59.7 Å². The summed E-state index contributed by atoms with van der Waals surface area (Å²) in [6.45, 7) is 2.69. The third-order valence-corrected chi connectivity index (χ3v) is 3.95. The second kappa shape index (κ2) is 9.61. The molecular weight excluding hydrogens is 328 g/mol. The summed E-state index contributed by atoms with van der Waals surface area (Å²) in [5.41, 5.74) is 2.10. The minimum atomic E-state index is -0.214. The largest absolute Gasteiger partial charge is 0.493 e. The highest BCUT2D eigenvalue weighted by Crippen LogP contribution is 2.20. The first kappa shape index (κ1) is 19.5. The van der Waals surface area contributed by atoms with Gasteiger partial charge in [-0.2, -0.15) is 0 Å². The number of nitrogens with one attached hydrogen (secondary N) is 1. The van der Waals surface area contributed by atoms with Gasteiger partial charge in [0.25, 0.3) is 5.91 Å². The number of anilines is 1. The van der Waals surface area contributed by atoms with E-state index in [-0.39, 0.29) is 11.8 Å². The van der Waals surface area contributed by atoms with Crippen molar-refractivity contribution in [3.63, 3.8) is 0 Å². The molecule has 2 rings (SSSR count). The molecule has 0 spiro atoms. The van der Waals surface area contributed by atoms with E-state index < -0.39 is 0 Å². The molecule has 0 fully saturated rings. The summed E-state index contributed by atoms with van der Waals surface area (Å²) in [5.74, 6) is 0.417. The maximum absolute atomic E-state index is 12.6. The Morgan fingerprint density at radius 3 is 2.38 bits per heavy atom. The molecule has 2 amide bonds. The van der Waals surface area contributed by atoms with Crippen LogP contribution in [0.25, 0.3) is 0 Å². The predicted octanol–water partition coefficient (Wildman–Crippen LogP) is 3.75. The second-order valence-electron chi connectivity index (χ2n) is 6.31. The number of rotatable bonds is 8. The van der Waals surface area contributed by atoms with Crippen LogP contribution in [-0.4, -0.2) is 37.4 Å². The van der Waals surface area contributed by atoms with Gasteiger partial charge in [-0.15, -0.1) is 0 Å². The highest BCUT2D eigenvalue weighted by molar-refractivity contribution is 6.06. The molecule has 26 heavy (non-hydrogen) atoms. The third-order valence-electron chi connectivity index (χ3n) is 3.95. The SMILES string of the molecule is CCCCOc1ccccc1C(=O)Nc1ccc(CC(=O)N(C)C)cc1. The smallest absolute Gasteiger partial charge is 0.259 e. The van der Waals surface area contributed by atoms with Crippen molar-refractivity contribution >= 4 is 17.5 Å². The number of likely N-dealkylation sites (N-methyl/N-ethyl adjacent to an activating group) is 1. The van der Waals surface area contributed by atoms with E-state index >= 15 is 0 Å². The molecule has 2 aromatic rings. The summed E-state index contributed by atoms with van der Waals surface area (Å²) in [4.78, 5) is 25.9. The molecule has 5 nitrogen and oxygen atoms in total. The normalized spacial score (nSPS) is 10.3. The van der Waals surface area contributed by atoms with E-state index in [9.17, 15) is 9.59 Å². The van der Waals surface area contributed by atoms with Gasteiger partial charge in [0.2, 0.25) is 5.91 Å². The predicted molar refractivity (Wildman–Crippen MR) is 104 cm³/mol. The number of benzene rings is 2. The maximum atomic E-state index is 12.6. The molecule has 1 N–H and O–H groups in total. The summed E-state index contributed by atoms with van der Waals surface area (Å²) in [6.07, 6.45) is 2.33. The number of carbonyl (C=O) groups is 2. The number of ether oxygens (including phenoxy) is 1. The average molecular weight is 354 g/mol. The molecule has 0 unspecified atom stereocenters. The van der Waals surface area contributed by atoms with Crippen LogP contribution in [-0.2, 0) is 11.2 Å². The minimum absolute atomic E-state index is 0.0416. The van der Waals surface area contributed by atoms with Gasteiger partial charge in [-0.05, 0) is 36.2 Å². The van der Waals surface area contributed by atoms with E-state index in [1.54, 1.807) is 43.3 Å². The van der Waals surface area contributed by atoms with Gasteiger partial charge in [0.15, 0.2) is 0 Å². The molecule has 0 aromatic heterocycles. The number of unbranched alkanes of at least 4 members (excludes halogenated alkanes) is 1. The molecule has 0 bridgehead atoms. The van der Waals surface area contributed by atoms with Crippen LogP contribution in [0.3, 0.4) is 0 Å². The van der Waals surface area contributed by atoms with Crippen LogP contribution in [0.2, 0.25) is 0 Å². The lowest BCUT2D eigenvalue weighted by Gasteiger charge is -2.12. The summed E-state index contributed by atoms with van der Waals surface area (Å²) >= 11 is 0. The molecule has 0 saturated heterocycles. The van der Waals surface area contributed by atoms with Crippen LogP contribution in [0.5, 0.6) is 5.75 Å². The third kappa shape index (κ3) is 5.62. The van der Waals surface area contributed by atoms with E-state index in [2.05, 4.69) is 12.2 Å². The van der Waals surface area contributed by atoms with Gasteiger partial charge in [-0.3, -0.25) is 9.59 Å². The molecular formula is C21H26N2O3. The Balaban J connectivity index is 2.02. The second-order valence-corrected chi connectivity index (χ2v) is 6.31. The van der Waals surface area contributed by atoms with Crippen molar-refractivity contribution in [1.82, 2.24) is 4.90 Å². The molecule has 5 heteroatoms. The van der Waals surface area contributed by atoms with Crippen LogP contribution >= 0.6 is 0 Å². The molecule has 0 heterocycles. The number of amides is 2. The number of para-hydroxylation sites is 1. The monoisotopic (exact) mass is 354 g/mol. The van der Waals surface area contributed by atoms with Crippen molar-refractivity contribution in [2.24, 2.45) is 0 Å². The highest BCUT2D eigenvalue weighted by atomic mass is 16.5. The summed E-state index contributed by atoms with van der Waals surface area (Å²) in [6, 6.07) is 14.5. The van der Waals surface area contributed by atoms with Crippen molar-refractivity contribution in [1.29, 1.82) is 0 Å². The molecule has 0 saturated carbocycles. The van der Waals surface area contributed by atoms with Crippen LogP contribution in [0.15, 0.2) is 48.5 Å². The van der Waals surface area contributed by atoms with Crippen molar-refractivity contribution < 1.29 is 14.3 Å². The van der Waals surface area contributed by atoms with Gasteiger partial charge in [0, 0.05) is 19.8 Å². The molecule has 2 aromatic carbocycles. The van der Waals surface area contributed by atoms with E-state index in [4.69, 9.17) is 4.74 Å². The van der Waals surface area contributed by atoms with Crippen LogP contribution < -0.4 is 10.1 Å². The number of nitrogens with zero attached hydrogens (tertiary/aromatic N) is 1. The fourth-order valence-electron chi connectivity index (χ4n) is 2.34. The molecule has 0 aliphatic carbocycles. The first-order valence-corrected chi connectivity index (χ1v) is 8.83. The molecule has 0 atom stereocenters. The lowest BCUT2D eigenvalue weighted by Crippen LogP contribution is -2.23. The van der Waals surface area contributed by atoms with E-state index in [0.717, 1.165) is 18.4 Å². The van der Waals surface area contributed by atoms with E-state index in [1.165, 1.54) is 0 Å². The van der Waals surface area contributed by atoms with Crippen LogP contribution in [0, 0.1) is 0 Å². The Labute approximate surface area is 155 Å². The summed E-state index contributed by atoms with van der Waals surface area (Å²) < 4.78 is 5.72. The van der Waals surface area contributed by atoms with Crippen LogP contribution in [0.4, 0.5) is 5.69 Å². The summed E-state index contributed by atoms with van der Waals surface area (Å²) in [5, 5.41) is 2.88. The van der Waals surface area contributed by atoms with Crippen LogP contribution in [0.1, 0.15) is 35.7 Å². The Morgan fingerprint density at radius 2 is 1.73 bits per heavy atom. The Bertz CT molecular complexity index is 739. The molecule has 0 radical (unpaired) electrons. The standard InChI is InChI=1S/C21H26N2O3/c1-4-5-14-26-19-9-7-6-8-18(19)21(25)22-17-12-10-16(11-13-17)15-20(24)23(2)3/h6-13H,4-5,14-15H2,1-3H3,(H,22,25). The lowest BCUT2D eigenvalue weighted by atomic mass is 10.1. The van der Waals surface area contributed by atoms with Gasteiger partial charge < -0.3 is 15.0 Å². The fraction of sp³-hybridized carbons (Fsp3) is 0.333. The van der Waals surface area contributed by atoms with Crippen molar-refractivity contribution in [3.8, 4) is 5.75 Å². The van der Waals surface area contributed by atoms with Gasteiger partial charge in [0.1, 0.15) is 5.75 Å². The number of hydrogen-bond acceptors (Lipinski definition) is 3. The van der Waals surface area contributed by atoms with E-state index in [0.29, 0.717) is 30.0 Å². The maximum Gasteiger partial charge on any atom is 0.259 e. The average Bonchev–Trinajstić information content (AvgIpc) is 2.63. The van der Waals surface area contributed by atoms with E-state index in [1.807, 2.05) is 24.3 Å². The van der Waals surface area contributed by atoms with Crippen molar-refractivity contribution in [2.45, 2.75) is 26.2 Å². The Kier molecular flexibility index (Phi) is 7.21. The first-order chi connectivity index (χ1) is 12.5. The highest BCUT2D eigenvalue weighted by Gasteiger charge is 2.12. The Morgan fingerprint density at radius 1 is 1.04 bits per heavy atom. The number of carbonyl (C=O) groups excluding carboxylic acids is 2. The van der Waals surface area contributed by atoms with Gasteiger partial charge >= 0.3 is 0 Å². The minimum Gasteiger partial charge on any atom is -0.493 e. The zero-order chi connectivity index (χ0) is 18.9. The topological polar surface area (TPSA) is 58.6 Å². The molecule has 0 aliphatic rings. The summed E-state index contributed by atoms with van der Waals surface area (Å²) in [7, 11) is 3.47. The molecule has 138 valence electrons. The molecule has 0 aliphatic heterocycles. The zero-order valence-electron chi connectivity index (χ0n) is 15.6. The fourth-order valence-corrected chi connectivity index (χ4v) is 2.34.